The second-order valence-corrected chi connectivity index (χ2v) is 10.5. The lowest BCUT2D eigenvalue weighted by atomic mass is 9.83. The molecule has 1 aliphatic heterocycles. The summed E-state index contributed by atoms with van der Waals surface area (Å²) in [7, 11) is -2.27. The molecule has 1 aliphatic rings. The van der Waals surface area contributed by atoms with E-state index in [2.05, 4.69) is 14.8 Å². The van der Waals surface area contributed by atoms with Crippen LogP contribution in [0, 0.1) is 6.92 Å². The second kappa shape index (κ2) is 9.22. The average Bonchev–Trinajstić information content (AvgIpc) is 3.27. The Hall–Kier alpha value is -3.86. The number of nitrogens with one attached hydrogen (secondary N) is 1. The van der Waals surface area contributed by atoms with Crippen LogP contribution in [-0.2, 0) is 23.2 Å². The van der Waals surface area contributed by atoms with Gasteiger partial charge in [-0.3, -0.25) is 9.40 Å². The summed E-state index contributed by atoms with van der Waals surface area (Å²) in [6, 6.07) is 13.3. The van der Waals surface area contributed by atoms with Gasteiger partial charge in [-0.15, -0.1) is 0 Å². The highest BCUT2D eigenvalue weighted by atomic mass is 32.2. The number of hydrogen-bond donors (Lipinski definition) is 1. The Morgan fingerprint density at radius 2 is 1.81 bits per heavy atom. The van der Waals surface area contributed by atoms with Gasteiger partial charge in [0.15, 0.2) is 0 Å². The Bertz CT molecular complexity index is 1580. The van der Waals surface area contributed by atoms with Crippen molar-refractivity contribution in [3.8, 4) is 17.0 Å². The minimum absolute atomic E-state index is 0.00511. The van der Waals surface area contributed by atoms with Crippen LogP contribution in [0.5, 0.6) is 5.75 Å². The van der Waals surface area contributed by atoms with Crippen LogP contribution < -0.4 is 9.46 Å². The molecule has 0 fully saturated rings. The van der Waals surface area contributed by atoms with Crippen LogP contribution in [0.1, 0.15) is 34.6 Å². The molecule has 5 rings (SSSR count). The number of aromatic nitrogens is 3. The van der Waals surface area contributed by atoms with Gasteiger partial charge in [0.1, 0.15) is 11.6 Å². The van der Waals surface area contributed by atoms with Crippen LogP contribution in [0.15, 0.2) is 71.9 Å². The first-order valence-corrected chi connectivity index (χ1v) is 12.9. The molecule has 192 valence electrons. The zero-order valence-corrected chi connectivity index (χ0v) is 20.8. The van der Waals surface area contributed by atoms with E-state index in [0.29, 0.717) is 34.6 Å². The molecule has 2 aromatic carbocycles. The summed E-state index contributed by atoms with van der Waals surface area (Å²) >= 11 is 0. The van der Waals surface area contributed by atoms with Crippen molar-refractivity contribution in [3.63, 3.8) is 0 Å². The van der Waals surface area contributed by atoms with E-state index >= 15 is 0 Å². The summed E-state index contributed by atoms with van der Waals surface area (Å²) in [5, 5.41) is 4.13. The minimum Gasteiger partial charge on any atom is -0.493 e. The summed E-state index contributed by atoms with van der Waals surface area (Å²) in [6.45, 7) is 2.10. The molecular formula is C26H23F3N4O3S. The Balaban J connectivity index is 1.55. The molecule has 0 amide bonds. The molecule has 0 radical (unpaired) electrons. The molecule has 2 aromatic heterocycles. The van der Waals surface area contributed by atoms with Crippen molar-refractivity contribution in [2.75, 3.05) is 11.3 Å². The SMILES string of the molecule is Cc1ccnc(NS(=O)(=O)c2ccc3c(c2)OCCC3c2ccc(C(F)(F)F)cc2-c2ccnn2C)c1. The van der Waals surface area contributed by atoms with E-state index in [4.69, 9.17) is 4.74 Å². The maximum Gasteiger partial charge on any atom is 0.416 e. The molecule has 37 heavy (non-hydrogen) atoms. The molecule has 0 bridgehead atoms. The number of nitrogens with zero attached hydrogens (tertiary/aromatic N) is 3. The maximum absolute atomic E-state index is 13.5. The molecule has 7 nitrogen and oxygen atoms in total. The predicted octanol–water partition coefficient (Wildman–Crippen LogP) is 5.52. The van der Waals surface area contributed by atoms with Gasteiger partial charge in [0.05, 0.1) is 22.8 Å². The van der Waals surface area contributed by atoms with Gasteiger partial charge in [0.2, 0.25) is 0 Å². The predicted molar refractivity (Wildman–Crippen MR) is 132 cm³/mol. The molecule has 0 spiro atoms. The Kier molecular flexibility index (Phi) is 6.18. The highest BCUT2D eigenvalue weighted by Crippen LogP contribution is 2.44. The number of alkyl halides is 3. The van der Waals surface area contributed by atoms with E-state index in [1.54, 1.807) is 31.3 Å². The van der Waals surface area contributed by atoms with Crippen LogP contribution in [0.2, 0.25) is 0 Å². The highest BCUT2D eigenvalue weighted by molar-refractivity contribution is 7.92. The standard InChI is InChI=1S/C26H23F3N4O3S/c1-16-7-10-30-25(13-16)32-37(34,35)18-4-6-21-20(9-12-36-24(21)15-18)19-5-3-17(26(27,28)29)14-22(19)23-8-11-31-33(23)2/h3-8,10-11,13-15,20H,9,12H2,1-2H3,(H,30,32). The summed E-state index contributed by atoms with van der Waals surface area (Å²) in [6.07, 6.45) is -0.940. The second-order valence-electron chi connectivity index (χ2n) is 8.85. The molecule has 1 atom stereocenters. The molecule has 3 heterocycles. The van der Waals surface area contributed by atoms with Crippen molar-refractivity contribution in [3.05, 3.63) is 89.2 Å². The van der Waals surface area contributed by atoms with Crippen molar-refractivity contribution in [2.45, 2.75) is 30.3 Å². The number of ether oxygens (including phenoxy) is 1. The van der Waals surface area contributed by atoms with Gasteiger partial charge in [-0.25, -0.2) is 13.4 Å². The van der Waals surface area contributed by atoms with E-state index in [9.17, 15) is 21.6 Å². The summed E-state index contributed by atoms with van der Waals surface area (Å²) in [5.41, 5.74) is 2.43. The fraction of sp³-hybridized carbons (Fsp3) is 0.231. The number of anilines is 1. The Labute approximate surface area is 212 Å². The summed E-state index contributed by atoms with van der Waals surface area (Å²) in [5.74, 6) is 0.258. The lowest BCUT2D eigenvalue weighted by Crippen LogP contribution is -2.19. The lowest BCUT2D eigenvalue weighted by molar-refractivity contribution is -0.137. The normalized spacial score (nSPS) is 15.6. The highest BCUT2D eigenvalue weighted by Gasteiger charge is 2.33. The van der Waals surface area contributed by atoms with Crippen molar-refractivity contribution in [1.82, 2.24) is 14.8 Å². The zero-order chi connectivity index (χ0) is 26.4. The molecule has 0 aliphatic carbocycles. The van der Waals surface area contributed by atoms with E-state index in [-0.39, 0.29) is 23.2 Å². The third-order valence-corrected chi connectivity index (χ3v) is 7.69. The summed E-state index contributed by atoms with van der Waals surface area (Å²) < 4.78 is 76.5. The lowest BCUT2D eigenvalue weighted by Gasteiger charge is -2.29. The van der Waals surface area contributed by atoms with Crippen LogP contribution in [-0.4, -0.2) is 29.8 Å². The largest absolute Gasteiger partial charge is 0.493 e. The quantitative estimate of drug-likeness (QED) is 0.369. The van der Waals surface area contributed by atoms with Gasteiger partial charge in [0.25, 0.3) is 10.0 Å². The number of sulfonamides is 1. The average molecular weight is 529 g/mol. The minimum atomic E-state index is -4.50. The first-order valence-electron chi connectivity index (χ1n) is 11.4. The summed E-state index contributed by atoms with van der Waals surface area (Å²) in [4.78, 5) is 4.04. The van der Waals surface area contributed by atoms with E-state index < -0.39 is 21.8 Å². The van der Waals surface area contributed by atoms with Crippen LogP contribution in [0.4, 0.5) is 19.0 Å². The molecule has 1 N–H and O–H groups in total. The number of hydrogen-bond acceptors (Lipinski definition) is 5. The van der Waals surface area contributed by atoms with Gasteiger partial charge in [-0.2, -0.15) is 18.3 Å². The van der Waals surface area contributed by atoms with Crippen molar-refractivity contribution < 1.29 is 26.3 Å². The van der Waals surface area contributed by atoms with Gasteiger partial charge >= 0.3 is 6.18 Å². The van der Waals surface area contributed by atoms with E-state index in [1.165, 1.54) is 35.3 Å². The number of fused-ring (bicyclic) bond motifs is 1. The first-order chi connectivity index (χ1) is 17.5. The zero-order valence-electron chi connectivity index (χ0n) is 20.0. The monoisotopic (exact) mass is 528 g/mol. The van der Waals surface area contributed by atoms with Crippen molar-refractivity contribution >= 4 is 15.8 Å². The van der Waals surface area contributed by atoms with Crippen LogP contribution >= 0.6 is 0 Å². The molecular weight excluding hydrogens is 505 g/mol. The first kappa shape index (κ1) is 24.8. The third kappa shape index (κ3) is 4.91. The van der Waals surface area contributed by atoms with Gasteiger partial charge in [-0.05, 0) is 60.9 Å². The Morgan fingerprint density at radius 1 is 1.03 bits per heavy atom. The van der Waals surface area contributed by atoms with Gasteiger partial charge in [-0.1, -0.05) is 12.1 Å². The van der Waals surface area contributed by atoms with Gasteiger partial charge in [0, 0.05) is 42.6 Å². The van der Waals surface area contributed by atoms with Gasteiger partial charge < -0.3 is 4.74 Å². The van der Waals surface area contributed by atoms with Crippen molar-refractivity contribution in [1.29, 1.82) is 0 Å². The number of rotatable bonds is 5. The molecule has 0 saturated heterocycles. The Morgan fingerprint density at radius 3 is 2.51 bits per heavy atom. The smallest absolute Gasteiger partial charge is 0.416 e. The van der Waals surface area contributed by atoms with Crippen LogP contribution in [0.25, 0.3) is 11.3 Å². The number of halogens is 3. The fourth-order valence-corrected chi connectivity index (χ4v) is 5.56. The third-order valence-electron chi connectivity index (χ3n) is 6.34. The number of benzene rings is 2. The molecule has 1 unspecified atom stereocenters. The van der Waals surface area contributed by atoms with Crippen LogP contribution in [0.3, 0.4) is 0 Å². The van der Waals surface area contributed by atoms with E-state index in [1.807, 2.05) is 6.92 Å². The molecule has 0 saturated carbocycles. The van der Waals surface area contributed by atoms with Crippen molar-refractivity contribution in [2.24, 2.45) is 7.05 Å². The molecule has 11 heteroatoms. The number of pyridine rings is 1. The molecule has 4 aromatic rings. The number of aryl methyl sites for hydroxylation is 2. The van der Waals surface area contributed by atoms with E-state index in [0.717, 1.165) is 17.7 Å². The maximum atomic E-state index is 13.5. The topological polar surface area (TPSA) is 86.1 Å². The fourth-order valence-electron chi connectivity index (χ4n) is 4.54.